The van der Waals surface area contributed by atoms with E-state index in [2.05, 4.69) is 10.6 Å². The number of halogens is 1. The Hall–Kier alpha value is -1.26. The topological polar surface area (TPSA) is 50.4 Å². The van der Waals surface area contributed by atoms with Gasteiger partial charge in [0.05, 0.1) is 0 Å². The molecular formula is C15H21ClN2O2. The van der Waals surface area contributed by atoms with Crippen molar-refractivity contribution in [3.8, 4) is 0 Å². The third-order valence-electron chi connectivity index (χ3n) is 3.08. The molecule has 0 saturated carbocycles. The van der Waals surface area contributed by atoms with Gasteiger partial charge in [0.25, 0.3) is 0 Å². The quantitative estimate of drug-likeness (QED) is 0.863. The van der Waals surface area contributed by atoms with Gasteiger partial charge in [0.1, 0.15) is 5.60 Å². The van der Waals surface area contributed by atoms with Crippen molar-refractivity contribution in [1.82, 2.24) is 5.32 Å². The first-order valence-corrected chi connectivity index (χ1v) is 7.26. The Morgan fingerprint density at radius 1 is 1.45 bits per heavy atom. The molecule has 1 aliphatic heterocycles. The molecule has 0 bridgehead atoms. The van der Waals surface area contributed by atoms with E-state index in [1.54, 1.807) is 6.07 Å². The predicted molar refractivity (Wildman–Crippen MR) is 81.3 cm³/mol. The third kappa shape index (κ3) is 4.12. The van der Waals surface area contributed by atoms with E-state index in [4.69, 9.17) is 16.3 Å². The SMILES string of the molecule is CC(C)(C)OC(=O)Nc1ccc(C2CCCN2)c(Cl)c1. The van der Waals surface area contributed by atoms with Gasteiger partial charge in [-0.1, -0.05) is 17.7 Å². The number of nitrogens with one attached hydrogen (secondary N) is 2. The van der Waals surface area contributed by atoms with E-state index in [-0.39, 0.29) is 0 Å². The minimum Gasteiger partial charge on any atom is -0.444 e. The Morgan fingerprint density at radius 3 is 2.75 bits per heavy atom. The van der Waals surface area contributed by atoms with Crippen LogP contribution in [0.1, 0.15) is 45.2 Å². The van der Waals surface area contributed by atoms with Gasteiger partial charge in [-0.2, -0.15) is 0 Å². The first-order chi connectivity index (χ1) is 9.35. The summed E-state index contributed by atoms with van der Waals surface area (Å²) >= 11 is 6.29. The van der Waals surface area contributed by atoms with Crippen molar-refractivity contribution >= 4 is 23.4 Å². The van der Waals surface area contributed by atoms with E-state index in [0.717, 1.165) is 18.5 Å². The zero-order valence-corrected chi connectivity index (χ0v) is 12.9. The largest absolute Gasteiger partial charge is 0.444 e. The van der Waals surface area contributed by atoms with Gasteiger partial charge in [-0.25, -0.2) is 4.79 Å². The average molecular weight is 297 g/mol. The number of anilines is 1. The highest BCUT2D eigenvalue weighted by Gasteiger charge is 2.20. The van der Waals surface area contributed by atoms with Crippen molar-refractivity contribution in [1.29, 1.82) is 0 Å². The molecule has 1 fully saturated rings. The summed E-state index contributed by atoms with van der Waals surface area (Å²) in [7, 11) is 0. The van der Waals surface area contributed by atoms with Crippen LogP contribution in [0.3, 0.4) is 0 Å². The fourth-order valence-corrected chi connectivity index (χ4v) is 2.57. The molecule has 1 aromatic carbocycles. The molecule has 1 amide bonds. The maximum Gasteiger partial charge on any atom is 0.412 e. The number of amides is 1. The number of carbonyl (C=O) groups is 1. The summed E-state index contributed by atoms with van der Waals surface area (Å²) < 4.78 is 5.21. The maximum absolute atomic E-state index is 11.7. The molecule has 0 aliphatic carbocycles. The van der Waals surface area contributed by atoms with Crippen molar-refractivity contribution in [2.24, 2.45) is 0 Å². The molecule has 0 aromatic heterocycles. The lowest BCUT2D eigenvalue weighted by atomic mass is 10.0. The molecule has 5 heteroatoms. The zero-order chi connectivity index (χ0) is 14.8. The molecule has 1 aliphatic rings. The third-order valence-corrected chi connectivity index (χ3v) is 3.41. The highest BCUT2D eigenvalue weighted by molar-refractivity contribution is 6.31. The van der Waals surface area contributed by atoms with Crippen molar-refractivity contribution in [3.63, 3.8) is 0 Å². The monoisotopic (exact) mass is 296 g/mol. The Balaban J connectivity index is 2.03. The van der Waals surface area contributed by atoms with Crippen LogP contribution in [0.4, 0.5) is 10.5 Å². The number of carbonyl (C=O) groups excluding carboxylic acids is 1. The Bertz CT molecular complexity index is 491. The summed E-state index contributed by atoms with van der Waals surface area (Å²) in [5.74, 6) is 0. The van der Waals surface area contributed by atoms with Crippen LogP contribution in [0.25, 0.3) is 0 Å². The van der Waals surface area contributed by atoms with Crippen LogP contribution in [0.5, 0.6) is 0 Å². The highest BCUT2D eigenvalue weighted by Crippen LogP contribution is 2.31. The molecule has 110 valence electrons. The molecule has 1 unspecified atom stereocenters. The van der Waals surface area contributed by atoms with Crippen molar-refractivity contribution in [3.05, 3.63) is 28.8 Å². The number of benzene rings is 1. The fourth-order valence-electron chi connectivity index (χ4n) is 2.26. The molecular weight excluding hydrogens is 276 g/mol. The molecule has 4 nitrogen and oxygen atoms in total. The lowest BCUT2D eigenvalue weighted by molar-refractivity contribution is 0.0636. The Morgan fingerprint density at radius 2 is 2.20 bits per heavy atom. The van der Waals surface area contributed by atoms with Crippen LogP contribution in [-0.2, 0) is 4.74 Å². The minimum atomic E-state index is -0.512. The van der Waals surface area contributed by atoms with Gasteiger partial charge in [-0.05, 0) is 57.9 Å². The molecule has 2 rings (SSSR count). The minimum absolute atomic E-state index is 0.318. The molecule has 1 heterocycles. The number of hydrogen-bond donors (Lipinski definition) is 2. The van der Waals surface area contributed by atoms with E-state index in [0.29, 0.717) is 16.8 Å². The predicted octanol–water partition coefficient (Wildman–Crippen LogP) is 4.11. The van der Waals surface area contributed by atoms with Crippen LogP contribution < -0.4 is 10.6 Å². The summed E-state index contributed by atoms with van der Waals surface area (Å²) in [6.45, 7) is 6.51. The summed E-state index contributed by atoms with van der Waals surface area (Å²) in [4.78, 5) is 11.7. The molecule has 1 aromatic rings. The van der Waals surface area contributed by atoms with Gasteiger partial charge >= 0.3 is 6.09 Å². The molecule has 0 spiro atoms. The van der Waals surface area contributed by atoms with Crippen LogP contribution in [-0.4, -0.2) is 18.2 Å². The van der Waals surface area contributed by atoms with E-state index in [9.17, 15) is 4.79 Å². The fraction of sp³-hybridized carbons (Fsp3) is 0.533. The summed E-state index contributed by atoms with van der Waals surface area (Å²) in [5.41, 5.74) is 1.21. The summed E-state index contributed by atoms with van der Waals surface area (Å²) in [5, 5.41) is 6.76. The van der Waals surface area contributed by atoms with Gasteiger partial charge in [0, 0.05) is 16.8 Å². The summed E-state index contributed by atoms with van der Waals surface area (Å²) in [6.07, 6.45) is 1.79. The van der Waals surface area contributed by atoms with Crippen LogP contribution >= 0.6 is 11.6 Å². The molecule has 20 heavy (non-hydrogen) atoms. The lowest BCUT2D eigenvalue weighted by Gasteiger charge is -2.20. The van der Waals surface area contributed by atoms with E-state index < -0.39 is 11.7 Å². The normalized spacial score (nSPS) is 18.9. The molecule has 2 N–H and O–H groups in total. The second-order valence-corrected chi connectivity index (χ2v) is 6.42. The van der Waals surface area contributed by atoms with Gasteiger partial charge < -0.3 is 10.1 Å². The van der Waals surface area contributed by atoms with Crippen LogP contribution in [0.15, 0.2) is 18.2 Å². The Kier molecular flexibility index (Phi) is 4.55. The lowest BCUT2D eigenvalue weighted by Crippen LogP contribution is -2.27. The smallest absolute Gasteiger partial charge is 0.412 e. The Labute approximate surface area is 124 Å². The van der Waals surface area contributed by atoms with Crippen molar-refractivity contribution < 1.29 is 9.53 Å². The van der Waals surface area contributed by atoms with E-state index in [1.807, 2.05) is 32.9 Å². The first kappa shape index (κ1) is 15.1. The van der Waals surface area contributed by atoms with Gasteiger partial charge in [-0.15, -0.1) is 0 Å². The first-order valence-electron chi connectivity index (χ1n) is 6.88. The second-order valence-electron chi connectivity index (χ2n) is 6.01. The van der Waals surface area contributed by atoms with Crippen LogP contribution in [0.2, 0.25) is 5.02 Å². The number of rotatable bonds is 2. The van der Waals surface area contributed by atoms with E-state index >= 15 is 0 Å². The number of hydrogen-bond acceptors (Lipinski definition) is 3. The zero-order valence-electron chi connectivity index (χ0n) is 12.1. The van der Waals surface area contributed by atoms with Crippen LogP contribution in [0, 0.1) is 0 Å². The van der Waals surface area contributed by atoms with Gasteiger partial charge in [0.2, 0.25) is 0 Å². The summed E-state index contributed by atoms with van der Waals surface area (Å²) in [6, 6.07) is 5.89. The molecule has 1 atom stereocenters. The average Bonchev–Trinajstić information content (AvgIpc) is 2.79. The van der Waals surface area contributed by atoms with E-state index in [1.165, 1.54) is 6.42 Å². The van der Waals surface area contributed by atoms with Gasteiger partial charge in [-0.3, -0.25) is 5.32 Å². The van der Waals surface area contributed by atoms with Gasteiger partial charge in [0.15, 0.2) is 0 Å². The highest BCUT2D eigenvalue weighted by atomic mass is 35.5. The maximum atomic E-state index is 11.7. The van der Waals surface area contributed by atoms with Crippen molar-refractivity contribution in [2.75, 3.05) is 11.9 Å². The molecule has 1 saturated heterocycles. The second kappa shape index (κ2) is 6.02. The molecule has 0 radical (unpaired) electrons. The van der Waals surface area contributed by atoms with Crippen molar-refractivity contribution in [2.45, 2.75) is 45.3 Å². The standard InChI is InChI=1S/C15H21ClN2O2/c1-15(2,3)20-14(19)18-10-6-7-11(12(16)9-10)13-5-4-8-17-13/h6-7,9,13,17H,4-5,8H2,1-3H3,(H,18,19). The number of ether oxygens (including phenoxy) is 1.